The van der Waals surface area contributed by atoms with E-state index in [-0.39, 0.29) is 30.3 Å². The number of hydrogen-bond donors (Lipinski definition) is 3. The molecule has 7 nitrogen and oxygen atoms in total. The molecule has 0 radical (unpaired) electrons. The highest BCUT2D eigenvalue weighted by Gasteiger charge is 1.99. The molecule has 0 aliphatic heterocycles. The van der Waals surface area contributed by atoms with Crippen molar-refractivity contribution in [3.63, 3.8) is 0 Å². The van der Waals surface area contributed by atoms with E-state index < -0.39 is 5.97 Å². The number of nitrogens with one attached hydrogen (secondary N) is 1. The fourth-order valence-electron chi connectivity index (χ4n) is 0.698. The first kappa shape index (κ1) is 22.4. The lowest BCUT2D eigenvalue weighted by Gasteiger charge is -1.93. The van der Waals surface area contributed by atoms with Crippen LogP contribution in [0.2, 0.25) is 0 Å². The third kappa shape index (κ3) is 31.4. The summed E-state index contributed by atoms with van der Waals surface area (Å²) in [5.41, 5.74) is 4.50. The van der Waals surface area contributed by atoms with Crippen LogP contribution in [-0.2, 0) is 19.2 Å². The highest BCUT2D eigenvalue weighted by Crippen LogP contribution is 1.88. The average Bonchev–Trinajstić information content (AvgIpc) is 2.36. The predicted octanol–water partition coefficient (Wildman–Crippen LogP) is 0.117. The van der Waals surface area contributed by atoms with Gasteiger partial charge in [-0.25, -0.2) is 0 Å². The maximum Gasteiger partial charge on any atom is 0.303 e. The lowest BCUT2D eigenvalue weighted by atomic mass is 10.2. The van der Waals surface area contributed by atoms with Gasteiger partial charge in [0.1, 0.15) is 11.6 Å². The Morgan fingerprint density at radius 1 is 0.895 bits per heavy atom. The highest BCUT2D eigenvalue weighted by molar-refractivity contribution is 5.83. The Morgan fingerprint density at radius 2 is 1.26 bits per heavy atom. The van der Waals surface area contributed by atoms with Gasteiger partial charge in [-0.3, -0.25) is 9.59 Å². The molecule has 0 aromatic carbocycles. The Morgan fingerprint density at radius 3 is 1.47 bits per heavy atom. The molecule has 0 aromatic heterocycles. The van der Waals surface area contributed by atoms with Crippen LogP contribution in [0.4, 0.5) is 0 Å². The molecule has 4 N–H and O–H groups in total. The van der Waals surface area contributed by atoms with Crippen LogP contribution >= 0.6 is 0 Å². The van der Waals surface area contributed by atoms with Crippen LogP contribution < -0.4 is 11.1 Å². The van der Waals surface area contributed by atoms with E-state index in [1.165, 1.54) is 20.9 Å². The van der Waals surface area contributed by atoms with E-state index in [0.717, 1.165) is 0 Å². The zero-order chi connectivity index (χ0) is 15.8. The number of carboxylic acid groups (broad SMARTS) is 1. The summed E-state index contributed by atoms with van der Waals surface area (Å²) in [6, 6.07) is 0. The molecule has 0 saturated heterocycles. The SMILES string of the molecule is CC(=O)CCC(=O)O.CN.CNC(=O)CCC(C)=O. The predicted molar refractivity (Wildman–Crippen MR) is 71.6 cm³/mol. The molecule has 0 aliphatic rings. The van der Waals surface area contributed by atoms with Crippen LogP contribution in [0.5, 0.6) is 0 Å². The Hall–Kier alpha value is -1.76. The van der Waals surface area contributed by atoms with Gasteiger partial charge in [-0.05, 0) is 20.9 Å². The molecule has 1 amide bonds. The van der Waals surface area contributed by atoms with Gasteiger partial charge in [0.15, 0.2) is 0 Å². The minimum Gasteiger partial charge on any atom is -0.481 e. The van der Waals surface area contributed by atoms with E-state index in [0.29, 0.717) is 12.8 Å². The summed E-state index contributed by atoms with van der Waals surface area (Å²) in [7, 11) is 3.06. The number of carboxylic acids is 1. The number of rotatable bonds is 6. The van der Waals surface area contributed by atoms with Crippen LogP contribution in [0.15, 0.2) is 0 Å². The van der Waals surface area contributed by atoms with Crippen LogP contribution in [0.3, 0.4) is 0 Å². The second-order valence-corrected chi connectivity index (χ2v) is 3.47. The molecule has 0 spiro atoms. The number of carbonyl (C=O) groups is 4. The molecule has 0 aromatic rings. The van der Waals surface area contributed by atoms with Crippen molar-refractivity contribution in [2.24, 2.45) is 5.73 Å². The molecule has 0 bridgehead atoms. The van der Waals surface area contributed by atoms with E-state index in [4.69, 9.17) is 5.11 Å². The Bertz CT molecular complexity index is 276. The number of hydrogen-bond acceptors (Lipinski definition) is 5. The van der Waals surface area contributed by atoms with E-state index in [1.807, 2.05) is 0 Å². The Labute approximate surface area is 113 Å². The summed E-state index contributed by atoms with van der Waals surface area (Å²) >= 11 is 0. The Balaban J connectivity index is -0.000000239. The molecule has 0 rings (SSSR count). The van der Waals surface area contributed by atoms with Crippen molar-refractivity contribution in [1.29, 1.82) is 0 Å². The monoisotopic (exact) mass is 276 g/mol. The quantitative estimate of drug-likeness (QED) is 0.632. The summed E-state index contributed by atoms with van der Waals surface area (Å²) < 4.78 is 0. The first-order chi connectivity index (χ1) is 8.79. The molecular weight excluding hydrogens is 252 g/mol. The number of amides is 1. The number of aliphatic carboxylic acids is 1. The fraction of sp³-hybridized carbons (Fsp3) is 0.667. The molecule has 112 valence electrons. The van der Waals surface area contributed by atoms with Crippen molar-refractivity contribution in [2.45, 2.75) is 39.5 Å². The molecule has 0 unspecified atom stereocenters. The van der Waals surface area contributed by atoms with E-state index in [1.54, 1.807) is 7.05 Å². The lowest BCUT2D eigenvalue weighted by Crippen LogP contribution is -2.17. The van der Waals surface area contributed by atoms with E-state index >= 15 is 0 Å². The van der Waals surface area contributed by atoms with Gasteiger partial charge in [-0.15, -0.1) is 0 Å². The van der Waals surface area contributed by atoms with E-state index in [2.05, 4.69) is 11.1 Å². The van der Waals surface area contributed by atoms with Gasteiger partial charge in [0.05, 0.1) is 6.42 Å². The fourth-order valence-corrected chi connectivity index (χ4v) is 0.698. The van der Waals surface area contributed by atoms with Gasteiger partial charge in [0.25, 0.3) is 0 Å². The van der Waals surface area contributed by atoms with Crippen LogP contribution in [0.25, 0.3) is 0 Å². The molecule has 0 saturated carbocycles. The second kappa shape index (κ2) is 16.2. The first-order valence-electron chi connectivity index (χ1n) is 5.78. The number of ketones is 2. The first-order valence-corrected chi connectivity index (χ1v) is 5.78. The van der Waals surface area contributed by atoms with Gasteiger partial charge in [0.2, 0.25) is 5.91 Å². The smallest absolute Gasteiger partial charge is 0.303 e. The normalized spacial score (nSPS) is 8.05. The summed E-state index contributed by atoms with van der Waals surface area (Å²) in [6.45, 7) is 2.85. The lowest BCUT2D eigenvalue weighted by molar-refractivity contribution is -0.138. The van der Waals surface area contributed by atoms with Crippen molar-refractivity contribution >= 4 is 23.4 Å². The zero-order valence-electron chi connectivity index (χ0n) is 12.0. The Kier molecular flexibility index (Phi) is 19.2. The summed E-state index contributed by atoms with van der Waals surface area (Å²) in [5, 5.41) is 10.4. The molecule has 0 fully saturated rings. The maximum absolute atomic E-state index is 10.5. The minimum atomic E-state index is -0.916. The molecule has 7 heteroatoms. The van der Waals surface area contributed by atoms with Crippen LogP contribution in [0, 0.1) is 0 Å². The average molecular weight is 276 g/mol. The van der Waals surface area contributed by atoms with Gasteiger partial charge in [-0.1, -0.05) is 0 Å². The van der Waals surface area contributed by atoms with Gasteiger partial charge < -0.3 is 25.7 Å². The second-order valence-electron chi connectivity index (χ2n) is 3.47. The number of nitrogens with two attached hydrogens (primary N) is 1. The van der Waals surface area contributed by atoms with Gasteiger partial charge in [-0.2, -0.15) is 0 Å². The summed E-state index contributed by atoms with van der Waals surface area (Å²) in [4.78, 5) is 40.6. The standard InChI is InChI=1S/C6H11NO2.C5H8O3.CH5N/c1-5(8)3-4-6(9)7-2;1-4(6)2-3-5(7)8;1-2/h3-4H2,1-2H3,(H,7,9);2-3H2,1H3,(H,7,8);2H2,1H3. The molecule has 0 heterocycles. The van der Waals surface area contributed by atoms with Gasteiger partial charge >= 0.3 is 5.97 Å². The van der Waals surface area contributed by atoms with Crippen molar-refractivity contribution < 1.29 is 24.3 Å². The summed E-state index contributed by atoms with van der Waals surface area (Å²) in [6.07, 6.45) is 0.760. The summed E-state index contributed by atoms with van der Waals surface area (Å²) in [5.74, 6) is -1.02. The third-order valence-corrected chi connectivity index (χ3v) is 1.67. The van der Waals surface area contributed by atoms with Crippen molar-refractivity contribution in [2.75, 3.05) is 14.1 Å². The topological polar surface area (TPSA) is 127 Å². The van der Waals surface area contributed by atoms with Crippen molar-refractivity contribution in [3.8, 4) is 0 Å². The largest absolute Gasteiger partial charge is 0.481 e. The molecule has 0 atom stereocenters. The van der Waals surface area contributed by atoms with Crippen molar-refractivity contribution in [1.82, 2.24) is 5.32 Å². The van der Waals surface area contributed by atoms with Gasteiger partial charge in [0, 0.05) is 26.3 Å². The maximum atomic E-state index is 10.5. The molecule has 19 heavy (non-hydrogen) atoms. The molecule has 0 aliphatic carbocycles. The highest BCUT2D eigenvalue weighted by atomic mass is 16.4. The minimum absolute atomic E-state index is 0.0463. The zero-order valence-corrected chi connectivity index (χ0v) is 12.0. The van der Waals surface area contributed by atoms with Crippen molar-refractivity contribution in [3.05, 3.63) is 0 Å². The number of Topliss-reactive ketones (excluding diaryl/α,β-unsaturated/α-hetero) is 2. The van der Waals surface area contributed by atoms with Crippen LogP contribution in [-0.4, -0.2) is 42.6 Å². The van der Waals surface area contributed by atoms with Crippen LogP contribution in [0.1, 0.15) is 39.5 Å². The van der Waals surface area contributed by atoms with E-state index in [9.17, 15) is 19.2 Å². The third-order valence-electron chi connectivity index (χ3n) is 1.67. The molecular formula is C12H24N2O5. The number of carbonyl (C=O) groups excluding carboxylic acids is 3.